The van der Waals surface area contributed by atoms with Gasteiger partial charge in [0.15, 0.2) is 0 Å². The van der Waals surface area contributed by atoms with Gasteiger partial charge in [-0.1, -0.05) is 36.4 Å². The molecule has 0 aromatic heterocycles. The summed E-state index contributed by atoms with van der Waals surface area (Å²) < 4.78 is 5.43. The fourth-order valence-corrected chi connectivity index (χ4v) is 4.52. The van der Waals surface area contributed by atoms with Crippen molar-refractivity contribution in [1.29, 1.82) is 0 Å². The Hall–Kier alpha value is -3.02. The van der Waals surface area contributed by atoms with Crippen LogP contribution in [0.25, 0.3) is 0 Å². The molecule has 0 radical (unpaired) electrons. The summed E-state index contributed by atoms with van der Waals surface area (Å²) >= 11 is 0. The molecule has 0 unspecified atom stereocenters. The Morgan fingerprint density at radius 3 is 2.41 bits per heavy atom. The van der Waals surface area contributed by atoms with Crippen molar-refractivity contribution >= 4 is 17.6 Å². The maximum absolute atomic E-state index is 13.7. The maximum Gasteiger partial charge on any atom is 0.319 e. The van der Waals surface area contributed by atoms with Crippen molar-refractivity contribution in [3.8, 4) is 5.75 Å². The summed E-state index contributed by atoms with van der Waals surface area (Å²) in [7, 11) is 5.16. The number of hydrogen-bond donors (Lipinski definition) is 0. The van der Waals surface area contributed by atoms with Crippen LogP contribution in [0.4, 0.5) is 10.5 Å². The number of rotatable bonds is 3. The fourth-order valence-electron chi connectivity index (χ4n) is 4.52. The lowest BCUT2D eigenvalue weighted by Crippen LogP contribution is -2.51. The van der Waals surface area contributed by atoms with E-state index in [1.807, 2.05) is 58.3 Å². The summed E-state index contributed by atoms with van der Waals surface area (Å²) in [5, 5.41) is 0. The average Bonchev–Trinajstić information content (AvgIpc) is 2.96. The predicted octanol–water partition coefficient (Wildman–Crippen LogP) is 3.26. The van der Waals surface area contributed by atoms with Crippen LogP contribution >= 0.6 is 0 Å². The molecule has 152 valence electrons. The Labute approximate surface area is 171 Å². The number of nitrogens with zero attached hydrogens (tertiary/aromatic N) is 3. The molecule has 1 saturated heterocycles. The second-order valence-electron chi connectivity index (χ2n) is 8.01. The number of methoxy groups -OCH3 is 1. The van der Waals surface area contributed by atoms with Gasteiger partial charge in [0.2, 0.25) is 5.91 Å². The number of carbonyl (C=O) groups is 2. The molecule has 0 saturated carbocycles. The molecule has 6 nitrogen and oxygen atoms in total. The van der Waals surface area contributed by atoms with E-state index in [1.165, 1.54) is 0 Å². The number of fused-ring (bicyclic) bond motifs is 2. The second-order valence-corrected chi connectivity index (χ2v) is 8.01. The van der Waals surface area contributed by atoms with Crippen molar-refractivity contribution in [3.63, 3.8) is 0 Å². The van der Waals surface area contributed by atoms with E-state index in [0.29, 0.717) is 32.5 Å². The molecular formula is C23H27N3O3. The van der Waals surface area contributed by atoms with Gasteiger partial charge in [-0.15, -0.1) is 0 Å². The minimum atomic E-state index is -0.570. The molecule has 1 spiro atoms. The molecule has 2 aliphatic heterocycles. The Bertz CT molecular complexity index is 918. The highest BCUT2D eigenvalue weighted by molar-refractivity contribution is 6.08. The van der Waals surface area contributed by atoms with E-state index in [2.05, 4.69) is 0 Å². The third-order valence-electron chi connectivity index (χ3n) is 6.12. The second kappa shape index (κ2) is 7.43. The van der Waals surface area contributed by atoms with E-state index in [0.717, 1.165) is 22.6 Å². The van der Waals surface area contributed by atoms with Crippen LogP contribution in [-0.2, 0) is 16.8 Å². The molecule has 1 fully saturated rings. The SMILES string of the molecule is COc1ccc2c(c1)N(Cc1ccccc1)C(=O)C21CCN(C(=O)N(C)C)CC1. The third-order valence-corrected chi connectivity index (χ3v) is 6.12. The van der Waals surface area contributed by atoms with Gasteiger partial charge in [0, 0.05) is 33.3 Å². The van der Waals surface area contributed by atoms with Crippen LogP contribution in [0.15, 0.2) is 48.5 Å². The molecule has 0 aliphatic carbocycles. The van der Waals surface area contributed by atoms with Gasteiger partial charge in [-0.25, -0.2) is 4.79 Å². The van der Waals surface area contributed by atoms with E-state index in [1.54, 1.807) is 26.1 Å². The number of carbonyl (C=O) groups excluding carboxylic acids is 2. The van der Waals surface area contributed by atoms with Crippen LogP contribution in [0.3, 0.4) is 0 Å². The number of anilines is 1. The molecule has 0 bridgehead atoms. The van der Waals surface area contributed by atoms with Crippen molar-refractivity contribution in [3.05, 3.63) is 59.7 Å². The number of piperidine rings is 1. The molecule has 2 aromatic rings. The quantitative estimate of drug-likeness (QED) is 0.804. The minimum Gasteiger partial charge on any atom is -0.497 e. The first kappa shape index (κ1) is 19.3. The zero-order valence-electron chi connectivity index (χ0n) is 17.2. The molecular weight excluding hydrogens is 366 g/mol. The van der Waals surface area contributed by atoms with E-state index in [9.17, 15) is 9.59 Å². The average molecular weight is 393 g/mol. The molecule has 29 heavy (non-hydrogen) atoms. The van der Waals surface area contributed by atoms with Crippen molar-refractivity contribution in [1.82, 2.24) is 9.80 Å². The monoisotopic (exact) mass is 393 g/mol. The Morgan fingerprint density at radius 2 is 1.79 bits per heavy atom. The van der Waals surface area contributed by atoms with Gasteiger partial charge < -0.3 is 19.4 Å². The first-order valence-corrected chi connectivity index (χ1v) is 9.97. The van der Waals surface area contributed by atoms with Gasteiger partial charge in [-0.3, -0.25) is 4.79 Å². The highest BCUT2D eigenvalue weighted by Crippen LogP contribution is 2.49. The Morgan fingerprint density at radius 1 is 1.10 bits per heavy atom. The van der Waals surface area contributed by atoms with E-state index in [4.69, 9.17) is 4.74 Å². The lowest BCUT2D eigenvalue weighted by Gasteiger charge is -2.39. The number of hydrogen-bond acceptors (Lipinski definition) is 3. The third kappa shape index (κ3) is 3.22. The summed E-state index contributed by atoms with van der Waals surface area (Å²) in [5.74, 6) is 0.869. The van der Waals surface area contributed by atoms with Crippen molar-refractivity contribution < 1.29 is 14.3 Å². The maximum atomic E-state index is 13.7. The number of urea groups is 1. The van der Waals surface area contributed by atoms with Gasteiger partial charge in [-0.2, -0.15) is 0 Å². The number of benzene rings is 2. The molecule has 0 atom stereocenters. The predicted molar refractivity (Wildman–Crippen MR) is 112 cm³/mol. The van der Waals surface area contributed by atoms with Crippen molar-refractivity contribution in [2.24, 2.45) is 0 Å². The number of amides is 3. The normalized spacial score (nSPS) is 17.4. The highest BCUT2D eigenvalue weighted by atomic mass is 16.5. The van der Waals surface area contributed by atoms with Crippen LogP contribution < -0.4 is 9.64 Å². The van der Waals surface area contributed by atoms with Gasteiger partial charge in [0.25, 0.3) is 0 Å². The molecule has 2 heterocycles. The first-order chi connectivity index (χ1) is 14.0. The van der Waals surface area contributed by atoms with Gasteiger partial charge >= 0.3 is 6.03 Å². The first-order valence-electron chi connectivity index (χ1n) is 9.97. The minimum absolute atomic E-state index is 0.00129. The largest absolute Gasteiger partial charge is 0.497 e. The topological polar surface area (TPSA) is 53.1 Å². The van der Waals surface area contributed by atoms with Gasteiger partial charge in [-0.05, 0) is 30.0 Å². The smallest absolute Gasteiger partial charge is 0.319 e. The molecule has 4 rings (SSSR count). The van der Waals surface area contributed by atoms with Crippen LogP contribution in [0.2, 0.25) is 0 Å². The number of likely N-dealkylation sites (tertiary alicyclic amines) is 1. The van der Waals surface area contributed by atoms with Crippen molar-refractivity contribution in [2.75, 3.05) is 39.2 Å². The van der Waals surface area contributed by atoms with Crippen LogP contribution in [-0.4, -0.2) is 56.0 Å². The van der Waals surface area contributed by atoms with Crippen LogP contribution in [0.5, 0.6) is 5.75 Å². The van der Waals surface area contributed by atoms with Gasteiger partial charge in [0.1, 0.15) is 5.75 Å². The zero-order valence-corrected chi connectivity index (χ0v) is 17.2. The summed E-state index contributed by atoms with van der Waals surface area (Å²) in [5.41, 5.74) is 2.49. The van der Waals surface area contributed by atoms with E-state index < -0.39 is 5.41 Å². The lowest BCUT2D eigenvalue weighted by atomic mass is 9.73. The standard InChI is InChI=1S/C23H27N3O3/c1-24(2)22(28)25-13-11-23(12-14-25)19-10-9-18(29-3)15-20(19)26(21(23)27)16-17-7-5-4-6-8-17/h4-10,15H,11-14,16H2,1-3H3. The number of ether oxygens (including phenoxy) is 1. The summed E-state index contributed by atoms with van der Waals surface area (Å²) in [6.45, 7) is 1.68. The lowest BCUT2D eigenvalue weighted by molar-refractivity contribution is -0.124. The Balaban J connectivity index is 1.68. The molecule has 6 heteroatoms. The molecule has 3 amide bonds. The van der Waals surface area contributed by atoms with Crippen molar-refractivity contribution in [2.45, 2.75) is 24.8 Å². The summed E-state index contributed by atoms with van der Waals surface area (Å²) in [6.07, 6.45) is 1.27. The summed E-state index contributed by atoms with van der Waals surface area (Å²) in [6, 6.07) is 16.0. The highest BCUT2D eigenvalue weighted by Gasteiger charge is 2.52. The molecule has 2 aromatic carbocycles. The Kier molecular flexibility index (Phi) is 4.94. The fraction of sp³-hybridized carbons (Fsp3) is 0.391. The zero-order chi connectivity index (χ0) is 20.6. The van der Waals surface area contributed by atoms with E-state index >= 15 is 0 Å². The molecule has 2 aliphatic rings. The summed E-state index contributed by atoms with van der Waals surface area (Å²) in [4.78, 5) is 31.4. The van der Waals surface area contributed by atoms with E-state index in [-0.39, 0.29) is 11.9 Å². The van der Waals surface area contributed by atoms with Gasteiger partial charge in [0.05, 0.1) is 24.8 Å². The molecule has 0 N–H and O–H groups in total. The van der Waals surface area contributed by atoms with Crippen LogP contribution in [0.1, 0.15) is 24.0 Å². The van der Waals surface area contributed by atoms with Crippen LogP contribution in [0, 0.1) is 0 Å².